The van der Waals surface area contributed by atoms with Gasteiger partial charge in [-0.15, -0.1) is 0 Å². The Morgan fingerprint density at radius 3 is 2.09 bits per heavy atom. The summed E-state index contributed by atoms with van der Waals surface area (Å²) < 4.78 is 12.2. The van der Waals surface area contributed by atoms with Crippen LogP contribution in [0.15, 0.2) is 90.2 Å². The lowest BCUT2D eigenvalue weighted by Gasteiger charge is -2.19. The van der Waals surface area contributed by atoms with Gasteiger partial charge >= 0.3 is 0 Å². The molecule has 0 aliphatic carbocycles. The van der Waals surface area contributed by atoms with Gasteiger partial charge in [-0.2, -0.15) is 0 Å². The number of allylic oxidation sites excluding steroid dienone is 3. The van der Waals surface area contributed by atoms with Crippen LogP contribution in [0.1, 0.15) is 118 Å². The molecule has 0 aliphatic rings. The molecule has 2 atom stereocenters. The molecule has 2 aromatic rings. The number of benzene rings is 2. The zero-order valence-corrected chi connectivity index (χ0v) is 35.4. The fraction of sp³-hybridized carbons (Fsp3) is 0.533. The van der Waals surface area contributed by atoms with Crippen molar-refractivity contribution >= 4 is 17.6 Å². The number of amidine groups is 1. The average Bonchev–Trinajstić information content (AvgIpc) is 3.14. The van der Waals surface area contributed by atoms with Crippen LogP contribution in [0.5, 0.6) is 0 Å². The minimum absolute atomic E-state index is 0.0784. The number of carbonyl (C=O) groups excluding carboxylic acids is 2. The highest BCUT2D eigenvalue weighted by Crippen LogP contribution is 2.13. The van der Waals surface area contributed by atoms with Gasteiger partial charge in [0.2, 0.25) is 11.8 Å². The quantitative estimate of drug-likeness (QED) is 0.0402. The second kappa shape index (κ2) is 35.8. The average molecular weight is 751 g/mol. The molecule has 2 aromatic carbocycles. The van der Waals surface area contributed by atoms with Crippen LogP contribution in [0.4, 0.5) is 4.39 Å². The van der Waals surface area contributed by atoms with Gasteiger partial charge in [-0.05, 0) is 87.8 Å². The standard InChI is InChI=1S/C32H52N6O2.C7H7F.2C3H8/c1-7-11-20-33-26(6)36-23-30(38-31(39)24-37-29(16-9-3)22-35-25(5)10-4)32(40)34-21-14-19-28-18-13-12-17-27(28)15-8-2;1-6-3-2-4-7(8)5-6;2*1-3-2/h7,11-13,16-18,20,25,30,35,37H,1,8-10,14-15,19,21-24H2,2-6H3,(H,33,36)(H,34,40)(H,38,39);2-5H,1H3;2*3H2,1-2H3/b20-11-,29-16+;;;/t25-,30?;;;/m0.../s1. The minimum atomic E-state index is -0.779. The molecule has 304 valence electrons. The highest BCUT2D eigenvalue weighted by Gasteiger charge is 2.20. The molecule has 0 aliphatic heterocycles. The number of carbonyl (C=O) groups is 2. The summed E-state index contributed by atoms with van der Waals surface area (Å²) in [6, 6.07) is 14.6. The molecule has 0 saturated heterocycles. The van der Waals surface area contributed by atoms with Crippen molar-refractivity contribution in [2.24, 2.45) is 4.99 Å². The van der Waals surface area contributed by atoms with E-state index in [9.17, 15) is 14.0 Å². The summed E-state index contributed by atoms with van der Waals surface area (Å²) in [5.41, 5.74) is 4.62. The molecule has 8 nitrogen and oxygen atoms in total. The van der Waals surface area contributed by atoms with Gasteiger partial charge in [0.05, 0.1) is 18.9 Å². The van der Waals surface area contributed by atoms with Crippen LogP contribution in [-0.2, 0) is 22.4 Å². The van der Waals surface area contributed by atoms with Crippen molar-refractivity contribution in [1.82, 2.24) is 26.6 Å². The highest BCUT2D eigenvalue weighted by atomic mass is 19.1. The highest BCUT2D eigenvalue weighted by molar-refractivity contribution is 5.89. The Morgan fingerprint density at radius 1 is 0.907 bits per heavy atom. The first-order valence-corrected chi connectivity index (χ1v) is 20.0. The van der Waals surface area contributed by atoms with Crippen LogP contribution in [0, 0.1) is 12.7 Å². The van der Waals surface area contributed by atoms with E-state index in [0.717, 1.165) is 49.8 Å². The zero-order valence-electron chi connectivity index (χ0n) is 35.4. The van der Waals surface area contributed by atoms with E-state index in [1.165, 1.54) is 36.1 Å². The van der Waals surface area contributed by atoms with Crippen molar-refractivity contribution in [2.45, 2.75) is 133 Å². The molecule has 0 bridgehead atoms. The van der Waals surface area contributed by atoms with E-state index in [-0.39, 0.29) is 30.7 Å². The molecule has 1 unspecified atom stereocenters. The lowest BCUT2D eigenvalue weighted by atomic mass is 9.99. The van der Waals surface area contributed by atoms with Crippen LogP contribution in [0.25, 0.3) is 0 Å². The number of halogens is 1. The van der Waals surface area contributed by atoms with E-state index in [0.29, 0.717) is 25.0 Å². The third kappa shape index (κ3) is 29.2. The maximum absolute atomic E-state index is 13.1. The van der Waals surface area contributed by atoms with E-state index in [1.807, 2.05) is 19.9 Å². The summed E-state index contributed by atoms with van der Waals surface area (Å²) in [5.74, 6) is -0.0206. The topological polar surface area (TPSA) is 107 Å². The molecule has 54 heavy (non-hydrogen) atoms. The number of aryl methyl sites for hydroxylation is 3. The summed E-state index contributed by atoms with van der Waals surface area (Å²) in [7, 11) is 0. The zero-order chi connectivity index (χ0) is 41.0. The van der Waals surface area contributed by atoms with Crippen molar-refractivity contribution < 1.29 is 14.0 Å². The first-order valence-electron chi connectivity index (χ1n) is 20.0. The van der Waals surface area contributed by atoms with Crippen molar-refractivity contribution in [3.8, 4) is 0 Å². The van der Waals surface area contributed by atoms with E-state index in [4.69, 9.17) is 0 Å². The van der Waals surface area contributed by atoms with Gasteiger partial charge in [0.1, 0.15) is 11.9 Å². The Labute approximate surface area is 329 Å². The molecule has 0 saturated carbocycles. The lowest BCUT2D eigenvalue weighted by molar-refractivity contribution is -0.128. The predicted octanol–water partition coefficient (Wildman–Crippen LogP) is 9.12. The Morgan fingerprint density at radius 2 is 1.56 bits per heavy atom. The number of nitrogens with zero attached hydrogens (tertiary/aromatic N) is 1. The second-order valence-electron chi connectivity index (χ2n) is 13.1. The minimum Gasteiger partial charge on any atom is -0.379 e. The maximum atomic E-state index is 13.1. The third-order valence-electron chi connectivity index (χ3n) is 7.41. The lowest BCUT2D eigenvalue weighted by Crippen LogP contribution is -2.51. The van der Waals surface area contributed by atoms with Crippen LogP contribution in [-0.4, -0.2) is 55.9 Å². The molecule has 9 heteroatoms. The molecular weight excluding hydrogens is 676 g/mol. The maximum Gasteiger partial charge on any atom is 0.244 e. The normalized spacial score (nSPS) is 12.1. The Balaban J connectivity index is 0. The summed E-state index contributed by atoms with van der Waals surface area (Å²) in [6.45, 7) is 25.7. The van der Waals surface area contributed by atoms with Gasteiger partial charge in [0.25, 0.3) is 0 Å². The SMILES string of the molecule is C=C/C=C\NC(C)=NCC(NC(=O)CN/C(=C/CC)CN[C@@H](C)CC)C(=O)NCCCc1ccccc1CCC.CCC.CCC.Cc1cccc(F)c1. The first-order chi connectivity index (χ1) is 26.0. The molecule has 2 rings (SSSR count). The van der Waals surface area contributed by atoms with Crippen molar-refractivity contribution in [3.63, 3.8) is 0 Å². The largest absolute Gasteiger partial charge is 0.379 e. The third-order valence-corrected chi connectivity index (χ3v) is 7.41. The van der Waals surface area contributed by atoms with Gasteiger partial charge in [0.15, 0.2) is 0 Å². The summed E-state index contributed by atoms with van der Waals surface area (Å²) >= 11 is 0. The van der Waals surface area contributed by atoms with Gasteiger partial charge in [-0.25, -0.2) is 4.39 Å². The number of rotatable bonds is 20. The van der Waals surface area contributed by atoms with Crippen LogP contribution < -0.4 is 26.6 Å². The van der Waals surface area contributed by atoms with E-state index in [1.54, 1.807) is 24.4 Å². The van der Waals surface area contributed by atoms with Crippen LogP contribution in [0.3, 0.4) is 0 Å². The molecule has 0 heterocycles. The number of hydrogen-bond acceptors (Lipinski definition) is 5. The number of aliphatic imine (C=N–C) groups is 1. The Hall–Kier alpha value is -4.24. The Bertz CT molecular complexity index is 1340. The number of nitrogens with one attached hydrogen (secondary N) is 5. The molecule has 0 fully saturated rings. The molecule has 0 spiro atoms. The predicted molar refractivity (Wildman–Crippen MR) is 231 cm³/mol. The smallest absolute Gasteiger partial charge is 0.244 e. The number of hydrogen-bond donors (Lipinski definition) is 5. The Kier molecular flexibility index (Phi) is 34.4. The summed E-state index contributed by atoms with van der Waals surface area (Å²) in [6.07, 6.45) is 15.5. The summed E-state index contributed by atoms with van der Waals surface area (Å²) in [4.78, 5) is 30.4. The first kappa shape index (κ1) is 51.9. The van der Waals surface area contributed by atoms with Crippen LogP contribution >= 0.6 is 0 Å². The second-order valence-corrected chi connectivity index (χ2v) is 13.1. The van der Waals surface area contributed by atoms with Gasteiger partial charge < -0.3 is 26.6 Å². The monoisotopic (exact) mass is 751 g/mol. The van der Waals surface area contributed by atoms with Crippen molar-refractivity contribution in [2.75, 3.05) is 26.2 Å². The van der Waals surface area contributed by atoms with E-state index >= 15 is 0 Å². The van der Waals surface area contributed by atoms with Crippen molar-refractivity contribution in [1.29, 1.82) is 0 Å². The van der Waals surface area contributed by atoms with E-state index < -0.39 is 6.04 Å². The van der Waals surface area contributed by atoms with Gasteiger partial charge in [-0.1, -0.05) is 123 Å². The molecule has 5 N–H and O–H groups in total. The van der Waals surface area contributed by atoms with Crippen LogP contribution in [0.2, 0.25) is 0 Å². The molecule has 2 amide bonds. The fourth-order valence-corrected chi connectivity index (χ4v) is 4.56. The summed E-state index contributed by atoms with van der Waals surface area (Å²) in [5, 5.41) is 15.6. The van der Waals surface area contributed by atoms with Gasteiger partial charge in [0, 0.05) is 31.0 Å². The molecule has 0 radical (unpaired) electrons. The van der Waals surface area contributed by atoms with Crippen molar-refractivity contribution in [3.05, 3.63) is 108 Å². The molecule has 0 aromatic heterocycles. The van der Waals surface area contributed by atoms with E-state index in [2.05, 4.69) is 124 Å². The molecular formula is C45H75FN6O2. The van der Waals surface area contributed by atoms with Gasteiger partial charge in [-0.3, -0.25) is 14.6 Å². The number of amides is 2. The fourth-order valence-electron chi connectivity index (χ4n) is 4.56.